The summed E-state index contributed by atoms with van der Waals surface area (Å²) >= 11 is 0. The third-order valence-corrected chi connectivity index (χ3v) is 14.4. The van der Waals surface area contributed by atoms with Gasteiger partial charge in [-0.05, 0) is 119 Å². The van der Waals surface area contributed by atoms with E-state index in [-0.39, 0.29) is 18.0 Å². The second-order valence-electron chi connectivity index (χ2n) is 18.3. The van der Waals surface area contributed by atoms with E-state index in [0.29, 0.717) is 17.5 Å². The molecule has 2 aliphatic heterocycles. The van der Waals surface area contributed by atoms with Gasteiger partial charge < -0.3 is 14.4 Å². The van der Waals surface area contributed by atoms with Crippen LogP contribution in [0.25, 0.3) is 72.8 Å². The maximum absolute atomic E-state index is 5.03. The molecule has 0 bridgehead atoms. The van der Waals surface area contributed by atoms with Gasteiger partial charge in [0.25, 0.3) is 0 Å². The molecule has 9 aromatic rings. The molecule has 5 aliphatic rings. The highest BCUT2D eigenvalue weighted by atomic mass is 15.2. The van der Waals surface area contributed by atoms with Crippen LogP contribution in [-0.4, -0.2) is 31.6 Å². The summed E-state index contributed by atoms with van der Waals surface area (Å²) in [7, 11) is 0. The van der Waals surface area contributed by atoms with Crippen LogP contribution in [0.5, 0.6) is 0 Å². The highest BCUT2D eigenvalue weighted by Gasteiger charge is 2.38. The lowest BCUT2D eigenvalue weighted by molar-refractivity contribution is 0.745. The second-order valence-corrected chi connectivity index (χ2v) is 18.3. The Morgan fingerprint density at radius 3 is 1.78 bits per heavy atom. The highest BCUT2D eigenvalue weighted by molar-refractivity contribution is 6.11. The van der Waals surface area contributed by atoms with Crippen molar-refractivity contribution in [3.05, 3.63) is 259 Å². The molecule has 4 heterocycles. The Hall–Kier alpha value is -8.87. The van der Waals surface area contributed by atoms with Gasteiger partial charge in [-0.2, -0.15) is 0 Å². The molecule has 6 nitrogen and oxygen atoms in total. The number of para-hydroxylation sites is 1. The van der Waals surface area contributed by atoms with Gasteiger partial charge in [0.15, 0.2) is 17.5 Å². The summed E-state index contributed by atoms with van der Waals surface area (Å²) in [5.41, 5.74) is 17.7. The summed E-state index contributed by atoms with van der Waals surface area (Å²) in [5, 5.41) is 2.42. The van der Waals surface area contributed by atoms with Crippen LogP contribution in [0.2, 0.25) is 0 Å². The van der Waals surface area contributed by atoms with Crippen LogP contribution in [0.1, 0.15) is 17.9 Å². The molecule has 0 spiro atoms. The van der Waals surface area contributed by atoms with Crippen LogP contribution in [0.3, 0.4) is 0 Å². The number of anilines is 3. The number of nitrogens with zero attached hydrogens (tertiary/aromatic N) is 6. The molecule has 2 aromatic heterocycles. The largest absolute Gasteiger partial charge is 0.333 e. The van der Waals surface area contributed by atoms with Crippen molar-refractivity contribution in [3.8, 4) is 51.0 Å². The Balaban J connectivity index is 0.909. The minimum absolute atomic E-state index is 0.152. The van der Waals surface area contributed by atoms with Gasteiger partial charge in [0.2, 0.25) is 0 Å². The van der Waals surface area contributed by atoms with E-state index < -0.39 is 0 Å². The van der Waals surface area contributed by atoms with Crippen LogP contribution in [-0.2, 0) is 0 Å². The van der Waals surface area contributed by atoms with Gasteiger partial charge in [-0.25, -0.2) is 15.0 Å². The zero-order chi connectivity index (χ0) is 45.4. The van der Waals surface area contributed by atoms with Crippen molar-refractivity contribution < 1.29 is 0 Å². The molecule has 3 unspecified atom stereocenters. The van der Waals surface area contributed by atoms with E-state index >= 15 is 0 Å². The van der Waals surface area contributed by atoms with Crippen LogP contribution in [0, 0.1) is 0 Å². The van der Waals surface area contributed by atoms with E-state index in [1.807, 2.05) is 60.7 Å². The fourth-order valence-electron chi connectivity index (χ4n) is 11.3. The Morgan fingerprint density at radius 2 is 1.04 bits per heavy atom. The smallest absolute Gasteiger partial charge is 0.164 e. The summed E-state index contributed by atoms with van der Waals surface area (Å²) < 4.78 is 2.41. The zero-order valence-electron chi connectivity index (χ0n) is 37.6. The summed E-state index contributed by atoms with van der Waals surface area (Å²) in [4.78, 5) is 20.0. The summed E-state index contributed by atoms with van der Waals surface area (Å²) in [6, 6.07) is 61.3. The van der Waals surface area contributed by atoms with E-state index in [4.69, 9.17) is 15.0 Å². The molecule has 0 saturated carbocycles. The number of fused-ring (bicyclic) bond motifs is 8. The third kappa shape index (κ3) is 6.44. The molecule has 0 saturated heterocycles. The SMILES string of the molecule is C1=CCC2=C3C=CC=CC3N(c3ccc4c(c3)c3cc(-c5ccc6c(c5)C5C=CC=CC5N6c5ccccc5)ccc3n4-c3ccc(-c4nc(-c5ccccc5)nc(-c5ccccc5)n4)cc3)C2=C1. The molecule has 69 heavy (non-hydrogen) atoms. The molecular weight excluding hydrogens is 841 g/mol. The molecule has 14 rings (SSSR count). The standard InChI is InChI=1S/C63H44N6/c1-4-16-41(17-5-1)61-64-62(42-18-6-2-7-19-42)66-63(65-61)43-28-32-47(33-29-43)68-59-36-31-45(44-30-35-58-52(38-44)51-24-12-15-27-57(51)67(58)46-20-8-3-9-21-46)39-53(59)54-40-48(34-37-60(54)68)69-55-25-13-10-22-49(55)50-23-11-14-26-56(50)69/h1-22,24-40,51,55,57H,23H2. The van der Waals surface area contributed by atoms with Gasteiger partial charge in [-0.15, -0.1) is 0 Å². The lowest BCUT2D eigenvalue weighted by Crippen LogP contribution is -2.29. The molecule has 3 atom stereocenters. The first-order valence-electron chi connectivity index (χ1n) is 23.9. The number of allylic oxidation sites excluding steroid dienone is 8. The van der Waals surface area contributed by atoms with Gasteiger partial charge in [-0.1, -0.05) is 152 Å². The molecule has 326 valence electrons. The van der Waals surface area contributed by atoms with Gasteiger partial charge >= 0.3 is 0 Å². The van der Waals surface area contributed by atoms with Crippen LogP contribution >= 0.6 is 0 Å². The molecule has 7 aromatic carbocycles. The molecule has 6 heteroatoms. The second kappa shape index (κ2) is 15.9. The zero-order valence-corrected chi connectivity index (χ0v) is 37.6. The normalized spacial score (nSPS) is 18.5. The van der Waals surface area contributed by atoms with Crippen molar-refractivity contribution in [3.63, 3.8) is 0 Å². The quantitative estimate of drug-likeness (QED) is 0.160. The minimum Gasteiger partial charge on any atom is -0.333 e. The van der Waals surface area contributed by atoms with E-state index in [2.05, 4.69) is 190 Å². The van der Waals surface area contributed by atoms with E-state index in [1.165, 1.54) is 61.4 Å². The number of hydrogen-bond donors (Lipinski definition) is 0. The predicted molar refractivity (Wildman–Crippen MR) is 283 cm³/mol. The van der Waals surface area contributed by atoms with Gasteiger partial charge in [0, 0.05) is 61.8 Å². The number of aromatic nitrogens is 4. The molecule has 0 radical (unpaired) electrons. The van der Waals surface area contributed by atoms with E-state index in [9.17, 15) is 0 Å². The summed E-state index contributed by atoms with van der Waals surface area (Å²) in [6.45, 7) is 0. The lowest BCUT2D eigenvalue weighted by Gasteiger charge is -2.29. The molecular formula is C63H44N6. The van der Waals surface area contributed by atoms with Crippen LogP contribution < -0.4 is 9.80 Å². The van der Waals surface area contributed by atoms with Gasteiger partial charge in [-0.3, -0.25) is 0 Å². The topological polar surface area (TPSA) is 50.1 Å². The first kappa shape index (κ1) is 39.3. The first-order chi connectivity index (χ1) is 34.2. The first-order valence-corrected chi connectivity index (χ1v) is 23.9. The number of hydrogen-bond acceptors (Lipinski definition) is 5. The fraction of sp³-hybridized carbons (Fsp3) is 0.0635. The maximum Gasteiger partial charge on any atom is 0.164 e. The average molecular weight is 885 g/mol. The lowest BCUT2D eigenvalue weighted by atomic mass is 9.89. The third-order valence-electron chi connectivity index (χ3n) is 14.4. The van der Waals surface area contributed by atoms with Gasteiger partial charge in [0.1, 0.15) is 0 Å². The summed E-state index contributed by atoms with van der Waals surface area (Å²) in [6.07, 6.45) is 25.8. The molecule has 0 N–H and O–H groups in total. The van der Waals surface area contributed by atoms with Gasteiger partial charge in [0.05, 0.1) is 23.1 Å². The minimum atomic E-state index is 0.152. The van der Waals surface area contributed by atoms with E-state index in [1.54, 1.807) is 0 Å². The van der Waals surface area contributed by atoms with Crippen LogP contribution in [0.4, 0.5) is 17.1 Å². The maximum atomic E-state index is 5.03. The van der Waals surface area contributed by atoms with Crippen molar-refractivity contribution in [1.82, 2.24) is 19.5 Å². The summed E-state index contributed by atoms with van der Waals surface area (Å²) in [5.74, 6) is 2.20. The monoisotopic (exact) mass is 884 g/mol. The van der Waals surface area contributed by atoms with Crippen molar-refractivity contribution in [2.24, 2.45) is 0 Å². The molecule has 0 amide bonds. The number of rotatable bonds is 7. The highest BCUT2D eigenvalue weighted by Crippen LogP contribution is 2.50. The molecule has 0 fully saturated rings. The predicted octanol–water partition coefficient (Wildman–Crippen LogP) is 14.8. The van der Waals surface area contributed by atoms with Crippen LogP contribution in [0.15, 0.2) is 254 Å². The van der Waals surface area contributed by atoms with E-state index in [0.717, 1.165) is 39.8 Å². The Kier molecular flexibility index (Phi) is 9.05. The number of benzene rings is 7. The van der Waals surface area contributed by atoms with Crippen molar-refractivity contribution >= 4 is 38.9 Å². The van der Waals surface area contributed by atoms with Crippen molar-refractivity contribution in [2.45, 2.75) is 24.4 Å². The van der Waals surface area contributed by atoms with Crippen molar-refractivity contribution in [2.75, 3.05) is 9.80 Å². The Bertz CT molecular complexity index is 3700. The fourth-order valence-corrected chi connectivity index (χ4v) is 11.3. The molecule has 3 aliphatic carbocycles. The average Bonchev–Trinajstić information content (AvgIpc) is 4.06. The van der Waals surface area contributed by atoms with Crippen molar-refractivity contribution in [1.29, 1.82) is 0 Å². The Morgan fingerprint density at radius 1 is 0.449 bits per heavy atom. The Labute approximate surface area is 400 Å².